The summed E-state index contributed by atoms with van der Waals surface area (Å²) in [5, 5.41) is 8.02. The smallest absolute Gasteiger partial charge is 0.328 e. The molecule has 0 heterocycles. The average molecular weight is 135 g/mol. The second kappa shape index (κ2) is 7.95. The Morgan fingerprint density at radius 1 is 1.44 bits per heavy atom. The van der Waals surface area contributed by atoms with E-state index in [1.807, 2.05) is 6.92 Å². The van der Waals surface area contributed by atoms with E-state index in [9.17, 15) is 4.79 Å². The first kappa shape index (κ1) is 11.7. The van der Waals surface area contributed by atoms with Crippen LogP contribution in [0.15, 0.2) is 24.3 Å². The molecule has 0 amide bonds. The third-order valence-electron chi connectivity index (χ3n) is 0.542. The topological polar surface area (TPSA) is 37.3 Å². The zero-order valence-electron chi connectivity index (χ0n) is 5.66. The fraction of sp³-hybridized carbons (Fsp3) is 0.167. The van der Waals surface area contributed by atoms with E-state index in [1.165, 1.54) is 6.08 Å². The van der Waals surface area contributed by atoms with Gasteiger partial charge < -0.3 is 5.11 Å². The molecular formula is C6H8NaO2. The molecule has 0 aliphatic carbocycles. The van der Waals surface area contributed by atoms with Crippen LogP contribution in [0.3, 0.4) is 0 Å². The first-order chi connectivity index (χ1) is 3.77. The summed E-state index contributed by atoms with van der Waals surface area (Å²) in [5.74, 6) is -0.914. The van der Waals surface area contributed by atoms with Crippen molar-refractivity contribution in [1.82, 2.24) is 0 Å². The molecule has 0 spiro atoms. The maximum Gasteiger partial charge on any atom is 0.328 e. The summed E-state index contributed by atoms with van der Waals surface area (Å²) in [6.07, 6.45) is 5.98. The molecule has 0 unspecified atom stereocenters. The van der Waals surface area contributed by atoms with Crippen molar-refractivity contribution in [2.24, 2.45) is 0 Å². The summed E-state index contributed by atoms with van der Waals surface area (Å²) in [4.78, 5) is 9.75. The van der Waals surface area contributed by atoms with E-state index in [1.54, 1.807) is 12.2 Å². The largest absolute Gasteiger partial charge is 0.478 e. The number of hydrogen-bond acceptors (Lipinski definition) is 1. The summed E-state index contributed by atoms with van der Waals surface area (Å²) in [6.45, 7) is 1.83. The summed E-state index contributed by atoms with van der Waals surface area (Å²) >= 11 is 0. The van der Waals surface area contributed by atoms with Gasteiger partial charge in [-0.2, -0.15) is 0 Å². The zero-order chi connectivity index (χ0) is 6.41. The van der Waals surface area contributed by atoms with Gasteiger partial charge in [0.15, 0.2) is 0 Å². The second-order valence-corrected chi connectivity index (χ2v) is 1.22. The van der Waals surface area contributed by atoms with Gasteiger partial charge in [-0.3, -0.25) is 0 Å². The Morgan fingerprint density at radius 2 is 2.00 bits per heavy atom. The van der Waals surface area contributed by atoms with Gasteiger partial charge in [-0.1, -0.05) is 18.2 Å². The molecule has 1 radical (unpaired) electrons. The number of rotatable bonds is 2. The van der Waals surface area contributed by atoms with E-state index in [0.29, 0.717) is 0 Å². The van der Waals surface area contributed by atoms with Gasteiger partial charge in [-0.25, -0.2) is 4.79 Å². The molecule has 9 heavy (non-hydrogen) atoms. The van der Waals surface area contributed by atoms with Gasteiger partial charge in [0.05, 0.1) is 0 Å². The molecule has 3 heteroatoms. The van der Waals surface area contributed by atoms with Crippen LogP contribution < -0.4 is 0 Å². The van der Waals surface area contributed by atoms with Crippen molar-refractivity contribution >= 4 is 35.5 Å². The van der Waals surface area contributed by atoms with Crippen LogP contribution >= 0.6 is 0 Å². The minimum absolute atomic E-state index is 0. The maximum absolute atomic E-state index is 9.75. The van der Waals surface area contributed by atoms with E-state index in [-0.39, 0.29) is 29.6 Å². The molecule has 0 atom stereocenters. The number of carboxylic acids is 1. The normalized spacial score (nSPS) is 9.89. The Balaban J connectivity index is 0. The molecule has 0 saturated heterocycles. The van der Waals surface area contributed by atoms with Crippen molar-refractivity contribution in [2.75, 3.05) is 0 Å². The summed E-state index contributed by atoms with van der Waals surface area (Å²) in [6, 6.07) is 0. The number of aliphatic carboxylic acids is 1. The van der Waals surface area contributed by atoms with Crippen LogP contribution in [0.1, 0.15) is 6.92 Å². The molecule has 0 aliphatic heterocycles. The molecule has 0 fully saturated rings. The van der Waals surface area contributed by atoms with Crippen LogP contribution in [0.5, 0.6) is 0 Å². The van der Waals surface area contributed by atoms with Crippen LogP contribution in [0.4, 0.5) is 0 Å². The molecule has 2 nitrogen and oxygen atoms in total. The molecule has 0 aromatic rings. The molecule has 0 bridgehead atoms. The van der Waals surface area contributed by atoms with Crippen molar-refractivity contribution in [3.05, 3.63) is 24.3 Å². The van der Waals surface area contributed by atoms with E-state index in [2.05, 4.69) is 0 Å². The quantitative estimate of drug-likeness (QED) is 0.346. The van der Waals surface area contributed by atoms with Gasteiger partial charge >= 0.3 is 5.97 Å². The third-order valence-corrected chi connectivity index (χ3v) is 0.542. The van der Waals surface area contributed by atoms with Gasteiger partial charge in [0.2, 0.25) is 0 Å². The van der Waals surface area contributed by atoms with Crippen molar-refractivity contribution < 1.29 is 9.90 Å². The minimum atomic E-state index is -0.914. The average Bonchev–Trinajstić information content (AvgIpc) is 1.66. The Bertz CT molecular complexity index is 127. The predicted octanol–water partition coefficient (Wildman–Crippen LogP) is 0.823. The van der Waals surface area contributed by atoms with Gasteiger partial charge in [-0.05, 0) is 6.92 Å². The van der Waals surface area contributed by atoms with Gasteiger partial charge in [0, 0.05) is 35.6 Å². The maximum atomic E-state index is 9.75. The Labute approximate surface area is 76.6 Å². The first-order valence-electron chi connectivity index (χ1n) is 2.29. The fourth-order valence-corrected chi connectivity index (χ4v) is 0.249. The molecule has 0 saturated carbocycles. The molecule has 45 valence electrons. The van der Waals surface area contributed by atoms with Crippen molar-refractivity contribution in [1.29, 1.82) is 0 Å². The minimum Gasteiger partial charge on any atom is -0.478 e. The first-order valence-corrected chi connectivity index (χ1v) is 2.29. The summed E-state index contributed by atoms with van der Waals surface area (Å²) in [7, 11) is 0. The predicted molar refractivity (Wildman–Crippen MR) is 37.3 cm³/mol. The van der Waals surface area contributed by atoms with Crippen LogP contribution in [-0.4, -0.2) is 40.6 Å². The van der Waals surface area contributed by atoms with E-state index < -0.39 is 5.97 Å². The summed E-state index contributed by atoms with van der Waals surface area (Å²) < 4.78 is 0. The molecular weight excluding hydrogens is 127 g/mol. The Kier molecular flexibility index (Phi) is 10.3. The monoisotopic (exact) mass is 135 g/mol. The Morgan fingerprint density at radius 3 is 2.33 bits per heavy atom. The van der Waals surface area contributed by atoms with E-state index in [0.717, 1.165) is 6.08 Å². The van der Waals surface area contributed by atoms with Gasteiger partial charge in [0.1, 0.15) is 0 Å². The number of carboxylic acid groups (broad SMARTS) is 1. The van der Waals surface area contributed by atoms with Crippen molar-refractivity contribution in [2.45, 2.75) is 6.92 Å². The van der Waals surface area contributed by atoms with E-state index in [4.69, 9.17) is 5.11 Å². The van der Waals surface area contributed by atoms with Crippen LogP contribution in [-0.2, 0) is 4.79 Å². The fourth-order valence-electron chi connectivity index (χ4n) is 0.249. The standard InChI is InChI=1S/C6H8O2.Na/c1-2-3-4-5-6(7)8;/h2-5H,1H3,(H,7,8);/b3-2+,5-4+;. The SMILES string of the molecule is C/C=C/C=C/C(=O)O.[Na]. The van der Waals surface area contributed by atoms with E-state index >= 15 is 0 Å². The van der Waals surface area contributed by atoms with Gasteiger partial charge in [-0.15, -0.1) is 0 Å². The van der Waals surface area contributed by atoms with Crippen molar-refractivity contribution in [3.8, 4) is 0 Å². The molecule has 0 rings (SSSR count). The van der Waals surface area contributed by atoms with Crippen LogP contribution in [0.25, 0.3) is 0 Å². The summed E-state index contributed by atoms with van der Waals surface area (Å²) in [5.41, 5.74) is 0. The van der Waals surface area contributed by atoms with Crippen LogP contribution in [0.2, 0.25) is 0 Å². The van der Waals surface area contributed by atoms with Crippen molar-refractivity contribution in [3.63, 3.8) is 0 Å². The molecule has 1 N–H and O–H groups in total. The number of hydrogen-bond donors (Lipinski definition) is 1. The van der Waals surface area contributed by atoms with Gasteiger partial charge in [0.25, 0.3) is 0 Å². The number of carbonyl (C=O) groups is 1. The Hall–Kier alpha value is -0.0500. The van der Waals surface area contributed by atoms with Crippen LogP contribution in [0, 0.1) is 0 Å². The zero-order valence-corrected chi connectivity index (χ0v) is 7.66. The number of allylic oxidation sites excluding steroid dienone is 3. The third kappa shape index (κ3) is 11.5. The molecule has 0 aliphatic rings. The molecule has 0 aromatic carbocycles. The molecule has 0 aromatic heterocycles. The second-order valence-electron chi connectivity index (χ2n) is 1.22.